The minimum absolute atomic E-state index is 0.0387. The number of amides is 1. The van der Waals surface area contributed by atoms with Crippen LogP contribution in [0.1, 0.15) is 42.8 Å². The lowest BCUT2D eigenvalue weighted by atomic mass is 10.0. The van der Waals surface area contributed by atoms with Crippen LogP contribution in [0.3, 0.4) is 0 Å². The Morgan fingerprint density at radius 1 is 1.38 bits per heavy atom. The molecule has 1 fully saturated rings. The van der Waals surface area contributed by atoms with Gasteiger partial charge < -0.3 is 15.4 Å². The first-order valence-electron chi connectivity index (χ1n) is 9.15. The topological polar surface area (TPSA) is 68.5 Å². The zero-order chi connectivity index (χ0) is 18.3. The fourth-order valence-electron chi connectivity index (χ4n) is 3.63. The predicted octanol–water partition coefficient (Wildman–Crippen LogP) is 4.45. The van der Waals surface area contributed by atoms with Crippen LogP contribution in [0, 0.1) is 0 Å². The van der Waals surface area contributed by atoms with Crippen molar-refractivity contribution in [1.29, 1.82) is 0 Å². The van der Waals surface area contributed by atoms with Crippen LogP contribution < -0.4 is 10.5 Å². The van der Waals surface area contributed by atoms with E-state index in [1.165, 1.54) is 17.8 Å². The Balaban J connectivity index is 1.78. The summed E-state index contributed by atoms with van der Waals surface area (Å²) in [4.78, 5) is 21.1. The highest BCUT2D eigenvalue weighted by Gasteiger charge is 2.28. The molecule has 0 saturated carbocycles. The van der Waals surface area contributed by atoms with Gasteiger partial charge in [0.05, 0.1) is 17.8 Å². The lowest BCUT2D eigenvalue weighted by Gasteiger charge is -2.33. The minimum Gasteiger partial charge on any atom is -0.494 e. The van der Waals surface area contributed by atoms with Crippen LogP contribution in [0.2, 0.25) is 0 Å². The number of carbonyl (C=O) groups is 1. The van der Waals surface area contributed by atoms with Gasteiger partial charge in [0, 0.05) is 23.4 Å². The van der Waals surface area contributed by atoms with E-state index in [1.807, 2.05) is 36.1 Å². The first-order valence-corrected chi connectivity index (χ1v) is 9.96. The number of hydrogen-bond acceptors (Lipinski definition) is 5. The lowest BCUT2D eigenvalue weighted by Crippen LogP contribution is -2.41. The third-order valence-electron chi connectivity index (χ3n) is 5.05. The zero-order valence-electron chi connectivity index (χ0n) is 15.1. The highest BCUT2D eigenvalue weighted by molar-refractivity contribution is 7.21. The van der Waals surface area contributed by atoms with Crippen LogP contribution in [0.25, 0.3) is 21.1 Å². The van der Waals surface area contributed by atoms with Gasteiger partial charge >= 0.3 is 0 Å². The number of ether oxygens (including phenoxy) is 1. The lowest BCUT2D eigenvalue weighted by molar-refractivity contribution is 0.0642. The summed E-state index contributed by atoms with van der Waals surface area (Å²) in [6.07, 6.45) is 3.30. The van der Waals surface area contributed by atoms with Gasteiger partial charge in [-0.2, -0.15) is 0 Å². The van der Waals surface area contributed by atoms with E-state index in [9.17, 15) is 4.79 Å². The van der Waals surface area contributed by atoms with Gasteiger partial charge in [-0.25, -0.2) is 4.98 Å². The summed E-state index contributed by atoms with van der Waals surface area (Å²) >= 11 is 1.40. The fourth-order valence-corrected chi connectivity index (χ4v) is 4.67. The summed E-state index contributed by atoms with van der Waals surface area (Å²) in [5.74, 6) is 0.852. The second kappa shape index (κ2) is 6.76. The minimum atomic E-state index is 0.0387. The summed E-state index contributed by atoms with van der Waals surface area (Å²) in [6, 6.07) is 8.12. The number of aromatic nitrogens is 1. The van der Waals surface area contributed by atoms with Crippen LogP contribution in [-0.4, -0.2) is 35.0 Å². The molecular formula is C20H23N3O2S. The Labute approximate surface area is 156 Å². The molecule has 1 amide bonds. The summed E-state index contributed by atoms with van der Waals surface area (Å²) in [7, 11) is 0. The van der Waals surface area contributed by atoms with E-state index in [0.717, 1.165) is 46.3 Å². The maximum atomic E-state index is 13.0. The summed E-state index contributed by atoms with van der Waals surface area (Å²) < 4.78 is 5.57. The van der Waals surface area contributed by atoms with Crippen molar-refractivity contribution < 1.29 is 9.53 Å². The number of pyridine rings is 1. The number of rotatable bonds is 3. The van der Waals surface area contributed by atoms with Crippen LogP contribution in [-0.2, 0) is 0 Å². The van der Waals surface area contributed by atoms with E-state index in [2.05, 4.69) is 6.92 Å². The van der Waals surface area contributed by atoms with Crippen LogP contribution in [0.5, 0.6) is 5.75 Å². The molecular weight excluding hydrogens is 346 g/mol. The molecule has 3 heterocycles. The average Bonchev–Trinajstić information content (AvgIpc) is 2.96. The molecule has 3 aromatic rings. The standard InChI is InChI=1S/C20H23N3O2S/c1-3-25-14-7-8-16-13(10-14)11-15-17(21)18(26-19(15)22-16)20(24)23-9-5-4-6-12(23)2/h7-8,10-12H,3-6,9,21H2,1-2H3. The predicted molar refractivity (Wildman–Crippen MR) is 107 cm³/mol. The van der Waals surface area contributed by atoms with Gasteiger partial charge in [0.25, 0.3) is 5.91 Å². The molecule has 5 nitrogen and oxygen atoms in total. The molecule has 6 heteroatoms. The molecule has 136 valence electrons. The number of nitrogens with two attached hydrogens (primary N) is 1. The Hall–Kier alpha value is -2.34. The van der Waals surface area contributed by atoms with Gasteiger partial charge in [-0.1, -0.05) is 0 Å². The zero-order valence-corrected chi connectivity index (χ0v) is 15.9. The van der Waals surface area contributed by atoms with Crippen molar-refractivity contribution in [1.82, 2.24) is 9.88 Å². The van der Waals surface area contributed by atoms with Crippen LogP contribution >= 0.6 is 11.3 Å². The van der Waals surface area contributed by atoms with E-state index in [4.69, 9.17) is 15.5 Å². The number of piperidine rings is 1. The molecule has 4 rings (SSSR count). The van der Waals surface area contributed by atoms with Crippen molar-refractivity contribution in [3.8, 4) is 5.75 Å². The number of anilines is 1. The maximum Gasteiger partial charge on any atom is 0.266 e. The highest BCUT2D eigenvalue weighted by atomic mass is 32.1. The number of benzene rings is 1. The Morgan fingerprint density at radius 3 is 3.00 bits per heavy atom. The van der Waals surface area contributed by atoms with E-state index < -0.39 is 0 Å². The quantitative estimate of drug-likeness (QED) is 0.741. The molecule has 1 saturated heterocycles. The normalized spacial score (nSPS) is 17.8. The first-order chi connectivity index (χ1) is 12.6. The monoisotopic (exact) mass is 369 g/mol. The van der Waals surface area contributed by atoms with Gasteiger partial charge in [0.15, 0.2) is 0 Å². The molecule has 1 aliphatic heterocycles. The van der Waals surface area contributed by atoms with Crippen molar-refractivity contribution in [3.63, 3.8) is 0 Å². The molecule has 0 bridgehead atoms. The van der Waals surface area contributed by atoms with Crippen molar-refractivity contribution in [2.24, 2.45) is 0 Å². The molecule has 0 spiro atoms. The first kappa shape index (κ1) is 17.1. The molecule has 1 atom stereocenters. The Morgan fingerprint density at radius 2 is 2.23 bits per heavy atom. The Bertz CT molecular complexity index is 982. The number of carbonyl (C=O) groups excluding carboxylic acids is 1. The molecule has 2 N–H and O–H groups in total. The van der Waals surface area contributed by atoms with E-state index in [1.54, 1.807) is 0 Å². The van der Waals surface area contributed by atoms with E-state index >= 15 is 0 Å². The fraction of sp³-hybridized carbons (Fsp3) is 0.400. The van der Waals surface area contributed by atoms with E-state index in [-0.39, 0.29) is 11.9 Å². The number of likely N-dealkylation sites (tertiary alicyclic amines) is 1. The number of nitrogens with zero attached hydrogens (tertiary/aromatic N) is 2. The maximum absolute atomic E-state index is 13.0. The SMILES string of the molecule is CCOc1ccc2nc3sc(C(=O)N4CCCCC4C)c(N)c3cc2c1. The van der Waals surface area contributed by atoms with Gasteiger partial charge in [-0.3, -0.25) is 4.79 Å². The molecule has 1 aliphatic rings. The summed E-state index contributed by atoms with van der Waals surface area (Å²) in [5.41, 5.74) is 7.80. The average molecular weight is 369 g/mol. The van der Waals surface area contributed by atoms with Crippen molar-refractivity contribution in [3.05, 3.63) is 29.1 Å². The third kappa shape index (κ3) is 2.88. The second-order valence-electron chi connectivity index (χ2n) is 6.82. The van der Waals surface area contributed by atoms with Crippen molar-refractivity contribution in [2.75, 3.05) is 18.9 Å². The van der Waals surface area contributed by atoms with Crippen molar-refractivity contribution >= 4 is 44.1 Å². The van der Waals surface area contributed by atoms with Gasteiger partial charge in [0.1, 0.15) is 15.5 Å². The van der Waals surface area contributed by atoms with Gasteiger partial charge in [-0.05, 0) is 57.4 Å². The number of thiophene rings is 1. The number of fused-ring (bicyclic) bond motifs is 2. The molecule has 2 aromatic heterocycles. The van der Waals surface area contributed by atoms with Crippen molar-refractivity contribution in [2.45, 2.75) is 39.2 Å². The van der Waals surface area contributed by atoms with E-state index in [0.29, 0.717) is 17.2 Å². The number of nitrogen functional groups attached to an aromatic ring is 1. The summed E-state index contributed by atoms with van der Waals surface area (Å²) in [5, 5.41) is 1.82. The van der Waals surface area contributed by atoms with Crippen LogP contribution in [0.4, 0.5) is 5.69 Å². The smallest absolute Gasteiger partial charge is 0.266 e. The second-order valence-corrected chi connectivity index (χ2v) is 7.82. The van der Waals surface area contributed by atoms with Gasteiger partial charge in [-0.15, -0.1) is 11.3 Å². The van der Waals surface area contributed by atoms with Crippen LogP contribution in [0.15, 0.2) is 24.3 Å². The molecule has 26 heavy (non-hydrogen) atoms. The molecule has 0 aliphatic carbocycles. The number of hydrogen-bond donors (Lipinski definition) is 1. The Kier molecular flexibility index (Phi) is 4.44. The molecule has 1 aromatic carbocycles. The highest BCUT2D eigenvalue weighted by Crippen LogP contribution is 2.36. The molecule has 0 radical (unpaired) electrons. The molecule has 1 unspecified atom stereocenters. The largest absolute Gasteiger partial charge is 0.494 e. The summed E-state index contributed by atoms with van der Waals surface area (Å²) in [6.45, 7) is 5.50. The van der Waals surface area contributed by atoms with Gasteiger partial charge in [0.2, 0.25) is 0 Å². The third-order valence-corrected chi connectivity index (χ3v) is 6.16.